The smallest absolute Gasteiger partial charge is 0.0982 e. The number of ether oxygens (including phenoxy) is 1. The van der Waals surface area contributed by atoms with E-state index >= 15 is 0 Å². The zero-order valence-corrected chi connectivity index (χ0v) is 10.4. The minimum absolute atomic E-state index is 0.476. The van der Waals surface area contributed by atoms with Crippen molar-refractivity contribution in [3.63, 3.8) is 0 Å². The standard InChI is InChI=1S/C14H24O/c1-4-8-12(2)11-13(3)15-14-9-6-5-7-10-14/h8,11,14H,4-7,9-10H2,1-3H3/b12-8-,13-11+. The lowest BCUT2D eigenvalue weighted by molar-refractivity contribution is 0.0836. The second-order valence-electron chi connectivity index (χ2n) is 4.49. The maximum Gasteiger partial charge on any atom is 0.0982 e. The molecular weight excluding hydrogens is 184 g/mol. The van der Waals surface area contributed by atoms with Crippen LogP contribution in [0.3, 0.4) is 0 Å². The first kappa shape index (κ1) is 12.4. The van der Waals surface area contributed by atoms with Crippen LogP contribution in [0.4, 0.5) is 0 Å². The summed E-state index contributed by atoms with van der Waals surface area (Å²) in [7, 11) is 0. The lowest BCUT2D eigenvalue weighted by Crippen LogP contribution is -2.15. The van der Waals surface area contributed by atoms with Gasteiger partial charge in [-0.2, -0.15) is 0 Å². The van der Waals surface area contributed by atoms with Gasteiger partial charge in [0.15, 0.2) is 0 Å². The minimum Gasteiger partial charge on any atom is -0.495 e. The van der Waals surface area contributed by atoms with Gasteiger partial charge in [-0.25, -0.2) is 0 Å². The summed E-state index contributed by atoms with van der Waals surface area (Å²) < 4.78 is 5.93. The van der Waals surface area contributed by atoms with Crippen molar-refractivity contribution in [1.29, 1.82) is 0 Å². The van der Waals surface area contributed by atoms with E-state index in [9.17, 15) is 0 Å². The second kappa shape index (κ2) is 6.71. The Labute approximate surface area is 94.2 Å². The molecule has 0 radical (unpaired) electrons. The summed E-state index contributed by atoms with van der Waals surface area (Å²) in [5, 5.41) is 0. The molecule has 0 aromatic rings. The summed E-state index contributed by atoms with van der Waals surface area (Å²) in [4.78, 5) is 0. The van der Waals surface area contributed by atoms with E-state index in [-0.39, 0.29) is 0 Å². The van der Waals surface area contributed by atoms with Crippen LogP contribution in [-0.2, 0) is 4.74 Å². The fraction of sp³-hybridized carbons (Fsp3) is 0.714. The van der Waals surface area contributed by atoms with Gasteiger partial charge in [0.05, 0.1) is 11.9 Å². The molecule has 1 saturated carbocycles. The van der Waals surface area contributed by atoms with E-state index in [0.717, 1.165) is 12.2 Å². The highest BCUT2D eigenvalue weighted by Gasteiger charge is 2.14. The number of rotatable bonds is 4. The molecule has 86 valence electrons. The summed E-state index contributed by atoms with van der Waals surface area (Å²) in [6.45, 7) is 6.37. The van der Waals surface area contributed by atoms with Crippen LogP contribution in [0.5, 0.6) is 0 Å². The Hall–Kier alpha value is -0.720. The van der Waals surface area contributed by atoms with Crippen LogP contribution in [0, 0.1) is 0 Å². The van der Waals surface area contributed by atoms with Gasteiger partial charge in [0, 0.05) is 0 Å². The van der Waals surface area contributed by atoms with Crippen LogP contribution < -0.4 is 0 Å². The van der Waals surface area contributed by atoms with Crippen LogP contribution in [-0.4, -0.2) is 6.10 Å². The number of allylic oxidation sites excluding steroid dienone is 4. The zero-order chi connectivity index (χ0) is 11.1. The number of hydrogen-bond donors (Lipinski definition) is 0. The molecule has 0 aromatic heterocycles. The van der Waals surface area contributed by atoms with Crippen molar-refractivity contribution in [2.45, 2.75) is 65.4 Å². The van der Waals surface area contributed by atoms with Crippen molar-refractivity contribution in [3.05, 3.63) is 23.5 Å². The van der Waals surface area contributed by atoms with E-state index in [1.54, 1.807) is 0 Å². The molecule has 1 fully saturated rings. The molecule has 0 bridgehead atoms. The minimum atomic E-state index is 0.476. The molecule has 15 heavy (non-hydrogen) atoms. The largest absolute Gasteiger partial charge is 0.495 e. The van der Waals surface area contributed by atoms with E-state index in [2.05, 4.69) is 32.9 Å². The Morgan fingerprint density at radius 1 is 1.20 bits per heavy atom. The topological polar surface area (TPSA) is 9.23 Å². The highest BCUT2D eigenvalue weighted by Crippen LogP contribution is 2.22. The first-order valence-corrected chi connectivity index (χ1v) is 6.24. The molecule has 0 N–H and O–H groups in total. The van der Waals surface area contributed by atoms with Gasteiger partial charge in [0.25, 0.3) is 0 Å². The fourth-order valence-electron chi connectivity index (χ4n) is 2.18. The summed E-state index contributed by atoms with van der Waals surface area (Å²) in [6.07, 6.45) is 12.5. The van der Waals surface area contributed by atoms with Crippen molar-refractivity contribution in [2.75, 3.05) is 0 Å². The average molecular weight is 208 g/mol. The molecule has 0 atom stereocenters. The summed E-state index contributed by atoms with van der Waals surface area (Å²) in [5.74, 6) is 1.07. The van der Waals surface area contributed by atoms with Crippen LogP contribution in [0.2, 0.25) is 0 Å². The maximum absolute atomic E-state index is 5.93. The maximum atomic E-state index is 5.93. The van der Waals surface area contributed by atoms with Gasteiger partial charge in [-0.1, -0.05) is 25.0 Å². The molecule has 0 unspecified atom stereocenters. The van der Waals surface area contributed by atoms with Crippen molar-refractivity contribution >= 4 is 0 Å². The Morgan fingerprint density at radius 2 is 1.87 bits per heavy atom. The monoisotopic (exact) mass is 208 g/mol. The molecule has 0 spiro atoms. The van der Waals surface area contributed by atoms with Gasteiger partial charge in [-0.15, -0.1) is 0 Å². The third-order valence-electron chi connectivity index (χ3n) is 2.86. The third-order valence-corrected chi connectivity index (χ3v) is 2.86. The van der Waals surface area contributed by atoms with Gasteiger partial charge >= 0.3 is 0 Å². The first-order valence-electron chi connectivity index (χ1n) is 6.24. The first-order chi connectivity index (χ1) is 7.22. The molecule has 0 aliphatic heterocycles. The van der Waals surface area contributed by atoms with Gasteiger partial charge in [0.1, 0.15) is 0 Å². The molecule has 0 amide bonds. The summed E-state index contributed by atoms with van der Waals surface area (Å²) >= 11 is 0. The van der Waals surface area contributed by atoms with Crippen LogP contribution in [0.1, 0.15) is 59.3 Å². The van der Waals surface area contributed by atoms with Crippen LogP contribution in [0.15, 0.2) is 23.5 Å². The van der Waals surface area contributed by atoms with Gasteiger partial charge < -0.3 is 4.74 Å². The lowest BCUT2D eigenvalue weighted by atomic mass is 9.98. The third kappa shape index (κ3) is 5.06. The molecule has 1 rings (SSSR count). The second-order valence-corrected chi connectivity index (χ2v) is 4.49. The van der Waals surface area contributed by atoms with Crippen molar-refractivity contribution in [3.8, 4) is 0 Å². The molecule has 1 aliphatic rings. The van der Waals surface area contributed by atoms with E-state index < -0.39 is 0 Å². The van der Waals surface area contributed by atoms with E-state index in [4.69, 9.17) is 4.74 Å². The number of hydrogen-bond acceptors (Lipinski definition) is 1. The summed E-state index contributed by atoms with van der Waals surface area (Å²) in [6, 6.07) is 0. The highest BCUT2D eigenvalue weighted by molar-refractivity contribution is 5.17. The predicted octanol–water partition coefficient (Wildman–Crippen LogP) is 4.60. The predicted molar refractivity (Wildman–Crippen MR) is 65.8 cm³/mol. The van der Waals surface area contributed by atoms with Crippen molar-refractivity contribution in [2.24, 2.45) is 0 Å². The Kier molecular flexibility index (Phi) is 5.52. The molecule has 1 nitrogen and oxygen atoms in total. The van der Waals surface area contributed by atoms with Gasteiger partial charge in [0.2, 0.25) is 0 Å². The summed E-state index contributed by atoms with van der Waals surface area (Å²) in [5.41, 5.74) is 1.31. The van der Waals surface area contributed by atoms with E-state index in [1.807, 2.05) is 0 Å². The Balaban J connectivity index is 2.39. The average Bonchev–Trinajstić information content (AvgIpc) is 2.19. The quantitative estimate of drug-likeness (QED) is 0.485. The Morgan fingerprint density at radius 3 is 2.47 bits per heavy atom. The SMILES string of the molecule is CC/C=C(C)\C=C(/C)OC1CCCCC1. The Bertz CT molecular complexity index is 232. The molecule has 0 aromatic carbocycles. The lowest BCUT2D eigenvalue weighted by Gasteiger charge is -2.23. The zero-order valence-electron chi connectivity index (χ0n) is 10.4. The normalized spacial score (nSPS) is 20.5. The molecular formula is C14H24O. The van der Waals surface area contributed by atoms with Crippen LogP contribution >= 0.6 is 0 Å². The highest BCUT2D eigenvalue weighted by atomic mass is 16.5. The van der Waals surface area contributed by atoms with Gasteiger partial charge in [-0.05, 0) is 52.0 Å². The molecule has 0 heterocycles. The van der Waals surface area contributed by atoms with Crippen molar-refractivity contribution in [1.82, 2.24) is 0 Å². The molecule has 1 heteroatoms. The van der Waals surface area contributed by atoms with Gasteiger partial charge in [-0.3, -0.25) is 0 Å². The molecule has 0 saturated heterocycles. The van der Waals surface area contributed by atoms with E-state index in [1.165, 1.54) is 37.7 Å². The fourth-order valence-corrected chi connectivity index (χ4v) is 2.18. The molecule has 1 aliphatic carbocycles. The van der Waals surface area contributed by atoms with Crippen LogP contribution in [0.25, 0.3) is 0 Å². The van der Waals surface area contributed by atoms with Crippen molar-refractivity contribution < 1.29 is 4.74 Å². The van der Waals surface area contributed by atoms with E-state index in [0.29, 0.717) is 6.10 Å².